The maximum absolute atomic E-state index is 11.7. The molecule has 9 rings (SSSR count). The van der Waals surface area contributed by atoms with Crippen molar-refractivity contribution in [3.05, 3.63) is 168 Å². The minimum absolute atomic E-state index is 0. The zero-order valence-corrected chi connectivity index (χ0v) is 39.7. The summed E-state index contributed by atoms with van der Waals surface area (Å²) in [6.07, 6.45) is 1.94. The Morgan fingerprint density at radius 1 is 0.548 bits per heavy atom. The molecule has 0 saturated carbocycles. The van der Waals surface area contributed by atoms with Crippen molar-refractivity contribution < 1.29 is 26.2 Å². The third-order valence-electron chi connectivity index (χ3n) is 12.1. The first kappa shape index (κ1) is 42.8. The molecule has 0 atom stereocenters. The summed E-state index contributed by atoms with van der Waals surface area (Å²) in [5, 5.41) is 15.2. The largest absolute Gasteiger partial charge is 0.507 e. The molecule has 2 aromatic heterocycles. The second-order valence-electron chi connectivity index (χ2n) is 19.8. The van der Waals surface area contributed by atoms with Gasteiger partial charge in [0.1, 0.15) is 11.6 Å². The maximum atomic E-state index is 11.7. The van der Waals surface area contributed by atoms with Crippen LogP contribution < -0.4 is 0 Å². The summed E-state index contributed by atoms with van der Waals surface area (Å²) in [7, 11) is 0. The number of pyridine rings is 1. The topological polar surface area (TPSA) is 50.9 Å². The van der Waals surface area contributed by atoms with E-state index < -0.39 is 0 Å². The second kappa shape index (κ2) is 15.8. The normalized spacial score (nSPS) is 12.3. The molecule has 9 aromatic rings. The fraction of sp³-hybridized carbons (Fsp3) is 0.228. The Labute approximate surface area is 381 Å². The van der Waals surface area contributed by atoms with E-state index in [0.29, 0.717) is 11.4 Å². The Bertz CT molecular complexity index is 3150. The van der Waals surface area contributed by atoms with Crippen LogP contribution in [0.4, 0.5) is 0 Å². The zero-order chi connectivity index (χ0) is 43.0. The molecule has 7 aromatic carbocycles. The molecule has 0 unspecified atom stereocenters. The molecule has 5 heteroatoms. The molecule has 62 heavy (non-hydrogen) atoms. The van der Waals surface area contributed by atoms with E-state index >= 15 is 0 Å². The summed E-state index contributed by atoms with van der Waals surface area (Å²) < 4.78 is 2.23. The minimum atomic E-state index is -0.141. The van der Waals surface area contributed by atoms with Gasteiger partial charge in [0.2, 0.25) is 0 Å². The van der Waals surface area contributed by atoms with E-state index in [1.165, 1.54) is 32.8 Å². The summed E-state index contributed by atoms with van der Waals surface area (Å²) in [5.74, 6) is 0.867. The number of aromatic hydroxyl groups is 1. The van der Waals surface area contributed by atoms with Crippen LogP contribution in [-0.4, -0.2) is 19.6 Å². The number of phenols is 1. The quantitative estimate of drug-likeness (QED) is 0.175. The number of fused-ring (bicyclic) bond motifs is 3. The second-order valence-corrected chi connectivity index (χ2v) is 19.8. The van der Waals surface area contributed by atoms with Crippen LogP contribution in [-0.2, 0) is 37.3 Å². The third kappa shape index (κ3) is 7.79. The number of imidazole rings is 1. The van der Waals surface area contributed by atoms with Crippen LogP contribution in [0.25, 0.3) is 83.2 Å². The first-order chi connectivity index (χ1) is 29.0. The number of aromatic nitrogens is 3. The minimum Gasteiger partial charge on any atom is -0.507 e. The number of phenolic OH excluding ortho intramolecular Hbond substituents is 1. The molecule has 1 N–H and O–H groups in total. The molecule has 0 amide bonds. The van der Waals surface area contributed by atoms with Crippen molar-refractivity contribution in [1.29, 1.82) is 0 Å². The van der Waals surface area contributed by atoms with E-state index in [1.54, 1.807) is 0 Å². The van der Waals surface area contributed by atoms with Gasteiger partial charge in [-0.25, -0.2) is 4.98 Å². The molecule has 0 aliphatic rings. The summed E-state index contributed by atoms with van der Waals surface area (Å²) in [4.78, 5) is 10.5. The van der Waals surface area contributed by atoms with Gasteiger partial charge in [-0.05, 0) is 104 Å². The average molecular weight is 992 g/mol. The summed E-state index contributed by atoms with van der Waals surface area (Å²) in [6, 6.07) is 51.4. The van der Waals surface area contributed by atoms with E-state index in [0.717, 1.165) is 61.2 Å². The number of benzene rings is 7. The van der Waals surface area contributed by atoms with Crippen LogP contribution in [0.3, 0.4) is 0 Å². The van der Waals surface area contributed by atoms with Crippen molar-refractivity contribution >= 4 is 32.7 Å². The third-order valence-corrected chi connectivity index (χ3v) is 12.1. The van der Waals surface area contributed by atoms with Gasteiger partial charge in [-0.15, -0.1) is 35.4 Å². The number of hydrogen-bond donors (Lipinski definition) is 1. The van der Waals surface area contributed by atoms with E-state index in [2.05, 4.69) is 201 Å². The molecule has 0 radical (unpaired) electrons. The van der Waals surface area contributed by atoms with Crippen LogP contribution in [0.5, 0.6) is 5.75 Å². The van der Waals surface area contributed by atoms with Gasteiger partial charge < -0.3 is 5.11 Å². The SMILES string of the molecule is Cc1cc(-c2[c-]c(-c3cc(-c4cccc5ccccc45)cc4c3nc(-c3cc(C(C)(C)C)ccc3O)n4-c3ccc(C(C)(C)C)cc3)ccc2)c2nccc(C(C)(C)C)c2c1.[Pt]. The zero-order valence-electron chi connectivity index (χ0n) is 37.4. The molecule has 314 valence electrons. The van der Waals surface area contributed by atoms with Crippen molar-refractivity contribution in [1.82, 2.24) is 14.5 Å². The van der Waals surface area contributed by atoms with Gasteiger partial charge >= 0.3 is 0 Å². The predicted molar refractivity (Wildman–Crippen MR) is 257 cm³/mol. The molecular weight excluding hydrogens is 938 g/mol. The van der Waals surface area contributed by atoms with Gasteiger partial charge in [0.25, 0.3) is 0 Å². The molecule has 4 nitrogen and oxygen atoms in total. The van der Waals surface area contributed by atoms with Crippen LogP contribution in [0.15, 0.2) is 140 Å². The first-order valence-corrected chi connectivity index (χ1v) is 21.4. The number of aryl methyl sites for hydroxylation is 1. The standard InChI is InChI=1S/C57H54N3O.Pt/c1-35-29-45(52-47(30-35)49(27-28-58-52)57(8,9)10)37-17-13-18-38(31-37)46-32-39(44-20-14-16-36-15-11-12-19-43(36)44)33-50-53(46)59-54(48-34-41(56(5,6)7)23-26-51(48)61)60(50)42-24-21-40(22-25-42)55(2,3)4;/h11-30,32-34,61H,1-10H3;/q-1;. The Hall–Kier alpha value is -5.83. The fourth-order valence-corrected chi connectivity index (χ4v) is 8.79. The molecule has 0 aliphatic heterocycles. The van der Waals surface area contributed by atoms with Gasteiger partial charge in [0.05, 0.1) is 16.6 Å². The van der Waals surface area contributed by atoms with Crippen molar-refractivity contribution in [3.8, 4) is 56.2 Å². The molecule has 0 fully saturated rings. The number of rotatable bonds is 5. The Morgan fingerprint density at radius 2 is 1.19 bits per heavy atom. The maximum Gasteiger partial charge on any atom is 0.148 e. The van der Waals surface area contributed by atoms with Crippen LogP contribution >= 0.6 is 0 Å². The smallest absolute Gasteiger partial charge is 0.148 e. The van der Waals surface area contributed by atoms with Gasteiger partial charge in [0.15, 0.2) is 0 Å². The molecule has 0 bridgehead atoms. The Balaban J connectivity index is 0.00000529. The molecule has 0 saturated heterocycles. The van der Waals surface area contributed by atoms with E-state index in [9.17, 15) is 5.11 Å². The van der Waals surface area contributed by atoms with E-state index in [-0.39, 0.29) is 43.1 Å². The van der Waals surface area contributed by atoms with E-state index in [4.69, 9.17) is 9.97 Å². The van der Waals surface area contributed by atoms with Gasteiger partial charge in [-0.2, -0.15) is 0 Å². The number of nitrogens with zero attached hydrogens (tertiary/aromatic N) is 3. The Morgan fingerprint density at radius 3 is 1.89 bits per heavy atom. The van der Waals surface area contributed by atoms with Crippen LogP contribution in [0, 0.1) is 13.0 Å². The Kier molecular flexibility index (Phi) is 10.9. The monoisotopic (exact) mass is 991 g/mol. The molecule has 0 spiro atoms. The van der Waals surface area contributed by atoms with Crippen molar-refractivity contribution in [2.45, 2.75) is 85.5 Å². The summed E-state index contributed by atoms with van der Waals surface area (Å²) in [6.45, 7) is 22.3. The van der Waals surface area contributed by atoms with Gasteiger partial charge in [-0.1, -0.05) is 158 Å². The van der Waals surface area contributed by atoms with E-state index in [1.807, 2.05) is 18.3 Å². The van der Waals surface area contributed by atoms with Crippen molar-refractivity contribution in [2.24, 2.45) is 0 Å². The summed E-state index contributed by atoms with van der Waals surface area (Å²) in [5.41, 5.74) is 15.1. The van der Waals surface area contributed by atoms with Gasteiger partial charge in [-0.3, -0.25) is 9.55 Å². The molecular formula is C57H54N3OPt-. The first-order valence-electron chi connectivity index (χ1n) is 21.4. The van der Waals surface area contributed by atoms with Crippen LogP contribution in [0.2, 0.25) is 0 Å². The summed E-state index contributed by atoms with van der Waals surface area (Å²) >= 11 is 0. The number of hydrogen-bond acceptors (Lipinski definition) is 3. The predicted octanol–water partition coefficient (Wildman–Crippen LogP) is 15.1. The van der Waals surface area contributed by atoms with Crippen molar-refractivity contribution in [2.75, 3.05) is 0 Å². The molecule has 0 aliphatic carbocycles. The molecule has 2 heterocycles. The van der Waals surface area contributed by atoms with Gasteiger partial charge in [0, 0.05) is 38.5 Å². The fourth-order valence-electron chi connectivity index (χ4n) is 8.79. The van der Waals surface area contributed by atoms with Crippen molar-refractivity contribution in [3.63, 3.8) is 0 Å². The van der Waals surface area contributed by atoms with Crippen LogP contribution in [0.1, 0.15) is 84.6 Å². The average Bonchev–Trinajstić information content (AvgIpc) is 3.61.